The molecule has 3 amide bonds. The van der Waals surface area contributed by atoms with Crippen molar-refractivity contribution in [1.29, 1.82) is 0 Å². The molecule has 0 radical (unpaired) electrons. The van der Waals surface area contributed by atoms with Gasteiger partial charge in [-0.05, 0) is 6.92 Å². The Hall–Kier alpha value is -1.79. The van der Waals surface area contributed by atoms with Gasteiger partial charge < -0.3 is 20.6 Å². The molecule has 98 valence electrons. The van der Waals surface area contributed by atoms with E-state index in [1.54, 1.807) is 6.92 Å². The van der Waals surface area contributed by atoms with Crippen LogP contribution in [0.25, 0.3) is 0 Å². The van der Waals surface area contributed by atoms with Gasteiger partial charge in [-0.3, -0.25) is 9.59 Å². The van der Waals surface area contributed by atoms with E-state index in [2.05, 4.69) is 10.6 Å². The van der Waals surface area contributed by atoms with Gasteiger partial charge in [0.15, 0.2) is 0 Å². The topological polar surface area (TPSA) is 98.7 Å². The van der Waals surface area contributed by atoms with E-state index < -0.39 is 17.9 Å². The van der Waals surface area contributed by atoms with Crippen LogP contribution in [-0.4, -0.2) is 54.6 Å². The number of carbonyl (C=O) groups excluding carboxylic acids is 2. The minimum absolute atomic E-state index is 0.0938. The lowest BCUT2D eigenvalue weighted by Gasteiger charge is -2.19. The van der Waals surface area contributed by atoms with E-state index in [0.717, 1.165) is 0 Å². The van der Waals surface area contributed by atoms with Gasteiger partial charge in [0.1, 0.15) is 0 Å². The fraction of sp³-hybridized carbons (Fsp3) is 0.700. The van der Waals surface area contributed by atoms with Crippen molar-refractivity contribution in [3.63, 3.8) is 0 Å². The first kappa shape index (κ1) is 15.2. The molecule has 0 aliphatic rings. The van der Waals surface area contributed by atoms with E-state index in [0.29, 0.717) is 6.54 Å². The number of carboxylic acids is 1. The van der Waals surface area contributed by atoms with Crippen LogP contribution in [0.4, 0.5) is 4.79 Å². The van der Waals surface area contributed by atoms with Gasteiger partial charge in [0.25, 0.3) is 0 Å². The van der Waals surface area contributed by atoms with E-state index in [4.69, 9.17) is 5.11 Å². The van der Waals surface area contributed by atoms with Crippen LogP contribution in [-0.2, 0) is 9.59 Å². The number of carbonyl (C=O) groups is 3. The number of carboxylic acid groups (broad SMARTS) is 1. The summed E-state index contributed by atoms with van der Waals surface area (Å²) in [5, 5.41) is 13.6. The van der Waals surface area contributed by atoms with Gasteiger partial charge in [-0.25, -0.2) is 4.79 Å². The molecule has 1 atom stereocenters. The fourth-order valence-corrected chi connectivity index (χ4v) is 1.12. The molecule has 3 N–H and O–H groups in total. The van der Waals surface area contributed by atoms with Crippen molar-refractivity contribution in [3.8, 4) is 0 Å². The summed E-state index contributed by atoms with van der Waals surface area (Å²) in [5.41, 5.74) is 0. The average molecular weight is 245 g/mol. The summed E-state index contributed by atoms with van der Waals surface area (Å²) in [5.74, 6) is -1.89. The Balaban J connectivity index is 3.97. The second kappa shape index (κ2) is 7.48. The highest BCUT2D eigenvalue weighted by Crippen LogP contribution is 1.98. The lowest BCUT2D eigenvalue weighted by molar-refractivity contribution is -0.141. The lowest BCUT2D eigenvalue weighted by atomic mass is 10.2. The maximum Gasteiger partial charge on any atom is 0.317 e. The monoisotopic (exact) mass is 245 g/mol. The highest BCUT2D eigenvalue weighted by Gasteiger charge is 2.17. The van der Waals surface area contributed by atoms with Crippen LogP contribution in [0.1, 0.15) is 13.8 Å². The summed E-state index contributed by atoms with van der Waals surface area (Å²) < 4.78 is 0. The highest BCUT2D eigenvalue weighted by atomic mass is 16.4. The van der Waals surface area contributed by atoms with Crippen LogP contribution in [0.3, 0.4) is 0 Å². The molecular weight excluding hydrogens is 226 g/mol. The fourth-order valence-electron chi connectivity index (χ4n) is 1.12. The third-order valence-corrected chi connectivity index (χ3v) is 2.09. The van der Waals surface area contributed by atoms with Crippen LogP contribution in [0.2, 0.25) is 0 Å². The second-order valence-corrected chi connectivity index (χ2v) is 3.73. The van der Waals surface area contributed by atoms with E-state index >= 15 is 0 Å². The molecule has 0 saturated carbocycles. The molecule has 0 aromatic carbocycles. The number of hydrogen-bond donors (Lipinski definition) is 3. The second-order valence-electron chi connectivity index (χ2n) is 3.73. The van der Waals surface area contributed by atoms with Gasteiger partial charge in [0.2, 0.25) is 5.91 Å². The van der Waals surface area contributed by atoms with Gasteiger partial charge in [-0.15, -0.1) is 0 Å². The number of likely N-dealkylation sites (N-methyl/N-ethyl adjacent to an activating group) is 1. The molecule has 0 aliphatic heterocycles. The number of urea groups is 1. The third kappa shape index (κ3) is 6.39. The SMILES string of the molecule is CCNC(=O)CNC(=O)N(C)CC(C)C(=O)O. The Morgan fingerprint density at radius 3 is 2.35 bits per heavy atom. The van der Waals surface area contributed by atoms with Gasteiger partial charge >= 0.3 is 12.0 Å². The normalized spacial score (nSPS) is 11.5. The number of rotatable bonds is 6. The molecule has 7 nitrogen and oxygen atoms in total. The molecular formula is C10H19N3O4. The molecule has 7 heteroatoms. The number of aliphatic carboxylic acids is 1. The van der Waals surface area contributed by atoms with E-state index in [9.17, 15) is 14.4 Å². The van der Waals surface area contributed by atoms with Crippen LogP contribution < -0.4 is 10.6 Å². The maximum absolute atomic E-state index is 11.5. The molecule has 1 unspecified atom stereocenters. The first-order valence-electron chi connectivity index (χ1n) is 5.37. The molecule has 0 heterocycles. The van der Waals surface area contributed by atoms with E-state index in [1.807, 2.05) is 0 Å². The number of hydrogen-bond acceptors (Lipinski definition) is 3. The Bertz CT molecular complexity index is 293. The molecule has 0 saturated heterocycles. The molecule has 17 heavy (non-hydrogen) atoms. The minimum atomic E-state index is -0.964. The van der Waals surface area contributed by atoms with Crippen molar-refractivity contribution in [2.75, 3.05) is 26.7 Å². The largest absolute Gasteiger partial charge is 0.481 e. The third-order valence-electron chi connectivity index (χ3n) is 2.09. The van der Waals surface area contributed by atoms with E-state index in [1.165, 1.54) is 18.9 Å². The zero-order valence-electron chi connectivity index (χ0n) is 10.3. The summed E-state index contributed by atoms with van der Waals surface area (Å²) in [6.07, 6.45) is 0. The Labute approximate surface area is 100 Å². The van der Waals surface area contributed by atoms with Crippen molar-refractivity contribution >= 4 is 17.9 Å². The standard InChI is InChI=1S/C10H19N3O4/c1-4-11-8(14)5-12-10(17)13(3)6-7(2)9(15)16/h7H,4-6H2,1-3H3,(H,11,14)(H,12,17)(H,15,16). The van der Waals surface area contributed by atoms with Gasteiger partial charge in [0.05, 0.1) is 12.5 Å². The smallest absolute Gasteiger partial charge is 0.317 e. The summed E-state index contributed by atoms with van der Waals surface area (Å²) in [6.45, 7) is 3.77. The molecule has 0 aromatic rings. The van der Waals surface area contributed by atoms with Crippen molar-refractivity contribution in [2.45, 2.75) is 13.8 Å². The van der Waals surface area contributed by atoms with Crippen LogP contribution in [0, 0.1) is 5.92 Å². The first-order valence-corrected chi connectivity index (χ1v) is 5.37. The van der Waals surface area contributed by atoms with Crippen LogP contribution in [0.15, 0.2) is 0 Å². The van der Waals surface area contributed by atoms with Crippen LogP contribution in [0.5, 0.6) is 0 Å². The minimum Gasteiger partial charge on any atom is -0.481 e. The van der Waals surface area contributed by atoms with E-state index in [-0.39, 0.29) is 19.0 Å². The number of nitrogens with one attached hydrogen (secondary N) is 2. The molecule has 0 aromatic heterocycles. The van der Waals surface area contributed by atoms with Gasteiger partial charge in [-0.1, -0.05) is 6.92 Å². The Kier molecular flexibility index (Phi) is 6.69. The Morgan fingerprint density at radius 2 is 1.88 bits per heavy atom. The van der Waals surface area contributed by atoms with Gasteiger partial charge in [0, 0.05) is 20.1 Å². The first-order chi connectivity index (χ1) is 7.88. The zero-order valence-corrected chi connectivity index (χ0v) is 10.3. The lowest BCUT2D eigenvalue weighted by Crippen LogP contribution is -2.44. The van der Waals surface area contributed by atoms with Crippen molar-refractivity contribution in [3.05, 3.63) is 0 Å². The summed E-state index contributed by atoms with van der Waals surface area (Å²) in [4.78, 5) is 34.3. The number of nitrogens with zero attached hydrogens (tertiary/aromatic N) is 1. The molecule has 0 spiro atoms. The quantitative estimate of drug-likeness (QED) is 0.586. The molecule has 0 fully saturated rings. The number of amides is 3. The van der Waals surface area contributed by atoms with Crippen molar-refractivity contribution in [2.24, 2.45) is 5.92 Å². The predicted molar refractivity (Wildman–Crippen MR) is 61.5 cm³/mol. The molecule has 0 aliphatic carbocycles. The highest BCUT2D eigenvalue weighted by molar-refractivity contribution is 5.84. The maximum atomic E-state index is 11.5. The predicted octanol–water partition coefficient (Wildman–Crippen LogP) is -0.515. The van der Waals surface area contributed by atoms with Crippen molar-refractivity contribution < 1.29 is 19.5 Å². The summed E-state index contributed by atoms with van der Waals surface area (Å²) in [7, 11) is 1.48. The average Bonchev–Trinajstić information content (AvgIpc) is 2.25. The van der Waals surface area contributed by atoms with Gasteiger partial charge in [-0.2, -0.15) is 0 Å². The molecule has 0 bridgehead atoms. The zero-order chi connectivity index (χ0) is 13.4. The summed E-state index contributed by atoms with van der Waals surface area (Å²) >= 11 is 0. The Morgan fingerprint density at radius 1 is 1.29 bits per heavy atom. The van der Waals surface area contributed by atoms with Crippen LogP contribution >= 0.6 is 0 Å². The molecule has 0 rings (SSSR count). The van der Waals surface area contributed by atoms with Crippen molar-refractivity contribution in [1.82, 2.24) is 15.5 Å². The summed E-state index contributed by atoms with van der Waals surface area (Å²) in [6, 6.07) is -0.468.